The molecule has 0 saturated carbocycles. The van der Waals surface area contributed by atoms with Crippen LogP contribution in [-0.4, -0.2) is 11.6 Å². The lowest BCUT2D eigenvalue weighted by Crippen LogP contribution is -1.96. The first kappa shape index (κ1) is 13.2. The van der Waals surface area contributed by atoms with Gasteiger partial charge in [0.15, 0.2) is 0 Å². The van der Waals surface area contributed by atoms with E-state index in [2.05, 4.69) is 10.3 Å². The summed E-state index contributed by atoms with van der Waals surface area (Å²) in [6, 6.07) is 12.7. The van der Waals surface area contributed by atoms with E-state index in [9.17, 15) is 0 Å². The number of anilines is 2. The van der Waals surface area contributed by atoms with Gasteiger partial charge in [0.25, 0.3) is 0 Å². The highest BCUT2D eigenvalue weighted by molar-refractivity contribution is 6.29. The Hall–Kier alpha value is -2.25. The lowest BCUT2D eigenvalue weighted by molar-refractivity contribution is 0.340. The summed E-state index contributed by atoms with van der Waals surface area (Å²) in [5.74, 6) is 1.30. The number of aromatic nitrogens is 1. The van der Waals surface area contributed by atoms with Crippen molar-refractivity contribution in [1.82, 2.24) is 4.98 Å². The monoisotopic (exact) mass is 273 g/mol. The summed E-state index contributed by atoms with van der Waals surface area (Å²) in [6.07, 6.45) is 0. The van der Waals surface area contributed by atoms with Crippen molar-refractivity contribution in [2.75, 3.05) is 11.9 Å². The molecular weight excluding hydrogens is 262 g/mol. The normalized spacial score (nSPS) is 9.74. The summed E-state index contributed by atoms with van der Waals surface area (Å²) >= 11 is 5.85. The van der Waals surface area contributed by atoms with Crippen LogP contribution in [0.25, 0.3) is 0 Å². The Bertz CT molecular complexity index is 622. The molecule has 0 spiro atoms. The molecule has 0 amide bonds. The van der Waals surface area contributed by atoms with Gasteiger partial charge in [0.2, 0.25) is 0 Å². The van der Waals surface area contributed by atoms with E-state index < -0.39 is 0 Å². The smallest absolute Gasteiger partial charge is 0.133 e. The fourth-order valence-electron chi connectivity index (χ4n) is 1.60. The van der Waals surface area contributed by atoms with Gasteiger partial charge in [-0.1, -0.05) is 17.7 Å². The van der Waals surface area contributed by atoms with Crippen LogP contribution in [-0.2, 0) is 0 Å². The summed E-state index contributed by atoms with van der Waals surface area (Å²) in [5.41, 5.74) is 1.29. The predicted molar refractivity (Wildman–Crippen MR) is 74.9 cm³/mol. The molecule has 2 rings (SSSR count). The fourth-order valence-corrected chi connectivity index (χ4v) is 1.81. The maximum Gasteiger partial charge on any atom is 0.133 e. The number of rotatable bonds is 4. The van der Waals surface area contributed by atoms with Gasteiger partial charge in [-0.25, -0.2) is 4.98 Å². The van der Waals surface area contributed by atoms with Gasteiger partial charge in [-0.05, 0) is 31.2 Å². The molecule has 0 aliphatic carbocycles. The number of halogens is 1. The molecule has 0 saturated heterocycles. The van der Waals surface area contributed by atoms with Crippen LogP contribution < -0.4 is 10.1 Å². The zero-order chi connectivity index (χ0) is 13.7. The number of ether oxygens (including phenoxy) is 1. The highest BCUT2D eigenvalue weighted by atomic mass is 35.5. The molecule has 4 nitrogen and oxygen atoms in total. The number of pyridine rings is 1. The first-order chi connectivity index (χ1) is 9.21. The van der Waals surface area contributed by atoms with Crippen LogP contribution in [0.1, 0.15) is 12.5 Å². The maximum absolute atomic E-state index is 8.88. The topological polar surface area (TPSA) is 57.9 Å². The molecule has 96 valence electrons. The van der Waals surface area contributed by atoms with E-state index in [1.807, 2.05) is 37.3 Å². The number of benzene rings is 1. The van der Waals surface area contributed by atoms with Crippen molar-refractivity contribution in [1.29, 1.82) is 5.26 Å². The number of nitrogens with one attached hydrogen (secondary N) is 1. The SMILES string of the molecule is CCOc1cccc(Nc2cc(C#N)cc(Cl)n2)c1. The second-order valence-electron chi connectivity index (χ2n) is 3.76. The van der Waals surface area contributed by atoms with E-state index in [4.69, 9.17) is 21.6 Å². The van der Waals surface area contributed by atoms with Crippen LogP contribution in [0.2, 0.25) is 5.15 Å². The first-order valence-corrected chi connectivity index (χ1v) is 6.16. The van der Waals surface area contributed by atoms with Crippen LogP contribution in [0.5, 0.6) is 5.75 Å². The molecular formula is C14H12ClN3O. The van der Waals surface area contributed by atoms with Crippen LogP contribution in [0, 0.1) is 11.3 Å². The fraction of sp³-hybridized carbons (Fsp3) is 0.143. The Morgan fingerprint density at radius 3 is 2.95 bits per heavy atom. The molecule has 5 heteroatoms. The summed E-state index contributed by atoms with van der Waals surface area (Å²) < 4.78 is 5.41. The van der Waals surface area contributed by atoms with Crippen molar-refractivity contribution in [3.63, 3.8) is 0 Å². The minimum absolute atomic E-state index is 0.280. The molecule has 19 heavy (non-hydrogen) atoms. The number of nitrogens with zero attached hydrogens (tertiary/aromatic N) is 2. The second kappa shape index (κ2) is 6.07. The van der Waals surface area contributed by atoms with E-state index in [-0.39, 0.29) is 5.15 Å². The van der Waals surface area contributed by atoms with E-state index in [1.165, 1.54) is 6.07 Å². The van der Waals surface area contributed by atoms with E-state index in [1.54, 1.807) is 6.07 Å². The van der Waals surface area contributed by atoms with Crippen LogP contribution in [0.4, 0.5) is 11.5 Å². The standard InChI is InChI=1S/C14H12ClN3O/c1-2-19-12-5-3-4-11(8-12)17-14-7-10(9-16)6-13(15)18-14/h3-8H,2H2,1H3,(H,17,18). The third kappa shape index (κ3) is 3.60. The first-order valence-electron chi connectivity index (χ1n) is 5.79. The molecule has 1 N–H and O–H groups in total. The Morgan fingerprint density at radius 2 is 2.21 bits per heavy atom. The van der Waals surface area contributed by atoms with Gasteiger partial charge in [0, 0.05) is 11.8 Å². The molecule has 2 aromatic rings. The Morgan fingerprint density at radius 1 is 1.37 bits per heavy atom. The van der Waals surface area contributed by atoms with E-state index in [0.717, 1.165) is 11.4 Å². The van der Waals surface area contributed by atoms with Crippen LogP contribution in [0.3, 0.4) is 0 Å². The Kier molecular flexibility index (Phi) is 4.22. The highest BCUT2D eigenvalue weighted by Crippen LogP contribution is 2.22. The number of nitriles is 1. The molecule has 0 aliphatic heterocycles. The molecule has 0 bridgehead atoms. The zero-order valence-electron chi connectivity index (χ0n) is 10.4. The van der Waals surface area contributed by atoms with Crippen molar-refractivity contribution < 1.29 is 4.74 Å². The third-order valence-electron chi connectivity index (χ3n) is 2.34. The van der Waals surface area contributed by atoms with Crippen molar-refractivity contribution in [2.45, 2.75) is 6.92 Å². The molecule has 1 aromatic heterocycles. The number of hydrogen-bond acceptors (Lipinski definition) is 4. The summed E-state index contributed by atoms with van der Waals surface area (Å²) in [6.45, 7) is 2.54. The molecule has 1 heterocycles. The van der Waals surface area contributed by atoms with Gasteiger partial charge < -0.3 is 10.1 Å². The number of hydrogen-bond donors (Lipinski definition) is 1. The van der Waals surface area contributed by atoms with Gasteiger partial charge in [0.1, 0.15) is 16.7 Å². The molecule has 0 atom stereocenters. The molecule has 0 radical (unpaired) electrons. The zero-order valence-corrected chi connectivity index (χ0v) is 11.1. The van der Waals surface area contributed by atoms with Crippen LogP contribution in [0.15, 0.2) is 36.4 Å². The van der Waals surface area contributed by atoms with Crippen molar-refractivity contribution >= 4 is 23.1 Å². The molecule has 0 unspecified atom stereocenters. The Labute approximate surface area is 116 Å². The molecule has 0 fully saturated rings. The summed E-state index contributed by atoms with van der Waals surface area (Å²) in [4.78, 5) is 4.12. The van der Waals surface area contributed by atoms with Gasteiger partial charge in [0.05, 0.1) is 18.2 Å². The minimum Gasteiger partial charge on any atom is -0.494 e. The maximum atomic E-state index is 8.88. The minimum atomic E-state index is 0.280. The van der Waals surface area contributed by atoms with E-state index >= 15 is 0 Å². The third-order valence-corrected chi connectivity index (χ3v) is 2.53. The van der Waals surface area contributed by atoms with Crippen molar-refractivity contribution in [2.24, 2.45) is 0 Å². The van der Waals surface area contributed by atoms with Crippen molar-refractivity contribution in [3.05, 3.63) is 47.1 Å². The quantitative estimate of drug-likeness (QED) is 0.862. The summed E-state index contributed by atoms with van der Waals surface area (Å²) in [7, 11) is 0. The highest BCUT2D eigenvalue weighted by Gasteiger charge is 2.02. The largest absolute Gasteiger partial charge is 0.494 e. The Balaban J connectivity index is 2.23. The average molecular weight is 274 g/mol. The summed E-state index contributed by atoms with van der Waals surface area (Å²) in [5, 5.41) is 12.3. The lowest BCUT2D eigenvalue weighted by Gasteiger charge is -2.08. The average Bonchev–Trinajstić information content (AvgIpc) is 2.39. The van der Waals surface area contributed by atoms with E-state index in [0.29, 0.717) is 18.0 Å². The molecule has 1 aromatic carbocycles. The van der Waals surface area contributed by atoms with Gasteiger partial charge in [-0.15, -0.1) is 0 Å². The van der Waals surface area contributed by atoms with Crippen molar-refractivity contribution in [3.8, 4) is 11.8 Å². The van der Waals surface area contributed by atoms with Gasteiger partial charge in [-0.2, -0.15) is 5.26 Å². The molecule has 0 aliphatic rings. The second-order valence-corrected chi connectivity index (χ2v) is 4.15. The van der Waals surface area contributed by atoms with Gasteiger partial charge >= 0.3 is 0 Å². The predicted octanol–water partition coefficient (Wildman–Crippen LogP) is 3.75. The van der Waals surface area contributed by atoms with Crippen LogP contribution >= 0.6 is 11.6 Å². The lowest BCUT2D eigenvalue weighted by atomic mass is 10.2. The van der Waals surface area contributed by atoms with Gasteiger partial charge in [-0.3, -0.25) is 0 Å².